The molecule has 1 aliphatic heterocycles. The lowest BCUT2D eigenvalue weighted by atomic mass is 9.90. The lowest BCUT2D eigenvalue weighted by Gasteiger charge is -2.16. The van der Waals surface area contributed by atoms with Gasteiger partial charge >= 0.3 is 5.97 Å². The number of amides is 2. The molecule has 0 radical (unpaired) electrons. The minimum Gasteiger partial charge on any atom is -0.465 e. The van der Waals surface area contributed by atoms with Gasteiger partial charge in [0.15, 0.2) is 0 Å². The Bertz CT molecular complexity index is 1300. The summed E-state index contributed by atoms with van der Waals surface area (Å²) in [6.45, 7) is 0.923. The van der Waals surface area contributed by atoms with E-state index in [0.29, 0.717) is 35.7 Å². The summed E-state index contributed by atoms with van der Waals surface area (Å²) >= 11 is 0. The average molecular weight is 485 g/mol. The Hall–Kier alpha value is -4.30. The van der Waals surface area contributed by atoms with Crippen LogP contribution in [0.25, 0.3) is 0 Å². The lowest BCUT2D eigenvalue weighted by Crippen LogP contribution is -2.32. The topological polar surface area (TPSA) is 100 Å². The van der Waals surface area contributed by atoms with Gasteiger partial charge in [-0.25, -0.2) is 4.79 Å². The zero-order valence-corrected chi connectivity index (χ0v) is 20.4. The van der Waals surface area contributed by atoms with Crippen LogP contribution in [0.3, 0.4) is 0 Å². The lowest BCUT2D eigenvalue weighted by molar-refractivity contribution is -0.121. The van der Waals surface area contributed by atoms with Gasteiger partial charge in [-0.1, -0.05) is 48.5 Å². The monoisotopic (exact) mass is 484 g/mol. The molecule has 8 nitrogen and oxygen atoms in total. The fourth-order valence-electron chi connectivity index (χ4n) is 4.19. The first kappa shape index (κ1) is 24.8. The number of likely N-dealkylation sites (N-methyl/N-ethyl adjacent to an activating group) is 2. The van der Waals surface area contributed by atoms with Crippen LogP contribution < -0.4 is 10.6 Å². The van der Waals surface area contributed by atoms with Gasteiger partial charge in [0.05, 0.1) is 30.6 Å². The van der Waals surface area contributed by atoms with Crippen molar-refractivity contribution in [2.75, 3.05) is 33.1 Å². The van der Waals surface area contributed by atoms with E-state index in [1.807, 2.05) is 66.5 Å². The van der Waals surface area contributed by atoms with Gasteiger partial charge in [0.25, 0.3) is 0 Å². The van der Waals surface area contributed by atoms with E-state index in [2.05, 4.69) is 10.6 Å². The van der Waals surface area contributed by atoms with Gasteiger partial charge in [-0.15, -0.1) is 0 Å². The van der Waals surface area contributed by atoms with E-state index in [9.17, 15) is 14.4 Å². The van der Waals surface area contributed by atoms with Gasteiger partial charge in [0, 0.05) is 19.3 Å². The number of rotatable bonds is 8. The molecule has 0 fully saturated rings. The molecule has 0 aromatic heterocycles. The number of fused-ring (bicyclic) bond motifs is 1. The highest BCUT2D eigenvalue weighted by Crippen LogP contribution is 2.37. The Labute approximate surface area is 210 Å². The molecule has 0 saturated carbocycles. The number of methoxy groups -OCH3 is 1. The Morgan fingerprint density at radius 1 is 1.03 bits per heavy atom. The van der Waals surface area contributed by atoms with Crippen LogP contribution in [0.5, 0.6) is 0 Å². The third-order valence-corrected chi connectivity index (χ3v) is 5.98. The summed E-state index contributed by atoms with van der Waals surface area (Å²) in [6, 6.07) is 22.4. The number of carbonyl (C=O) groups is 3. The first-order chi connectivity index (χ1) is 17.4. The zero-order valence-electron chi connectivity index (χ0n) is 20.4. The van der Waals surface area contributed by atoms with Crippen LogP contribution in [-0.2, 0) is 20.9 Å². The van der Waals surface area contributed by atoms with Crippen molar-refractivity contribution in [1.29, 1.82) is 0 Å². The highest BCUT2D eigenvalue weighted by Gasteiger charge is 2.36. The van der Waals surface area contributed by atoms with E-state index in [1.54, 1.807) is 25.2 Å². The number of aliphatic imine (C=N–C) groups is 1. The van der Waals surface area contributed by atoms with Crippen molar-refractivity contribution in [3.63, 3.8) is 0 Å². The molecular weight excluding hydrogens is 456 g/mol. The largest absolute Gasteiger partial charge is 0.465 e. The third-order valence-electron chi connectivity index (χ3n) is 5.98. The Morgan fingerprint density at radius 2 is 1.75 bits per heavy atom. The van der Waals surface area contributed by atoms with Crippen molar-refractivity contribution >= 4 is 34.9 Å². The number of hydrogen-bond donors (Lipinski definition) is 2. The first-order valence-electron chi connectivity index (χ1n) is 11.5. The predicted octanol–water partition coefficient (Wildman–Crippen LogP) is 3.51. The van der Waals surface area contributed by atoms with Crippen LogP contribution in [0.15, 0.2) is 77.8 Å². The molecule has 0 spiro atoms. The molecule has 0 aliphatic carbocycles. The molecule has 4 rings (SSSR count). The number of benzene rings is 3. The normalized spacial score (nSPS) is 14.8. The van der Waals surface area contributed by atoms with Crippen molar-refractivity contribution in [2.24, 2.45) is 4.99 Å². The third kappa shape index (κ3) is 5.50. The van der Waals surface area contributed by atoms with Crippen LogP contribution in [0.4, 0.5) is 11.4 Å². The summed E-state index contributed by atoms with van der Waals surface area (Å²) < 4.78 is 4.81. The van der Waals surface area contributed by atoms with Gasteiger partial charge in [0.2, 0.25) is 11.8 Å². The molecule has 184 valence electrons. The number of nitrogens with one attached hydrogen (secondary N) is 2. The Balaban J connectivity index is 1.66. The van der Waals surface area contributed by atoms with Crippen LogP contribution in [-0.4, -0.2) is 56.1 Å². The van der Waals surface area contributed by atoms with E-state index in [0.717, 1.165) is 16.7 Å². The second kappa shape index (κ2) is 11.0. The van der Waals surface area contributed by atoms with Crippen molar-refractivity contribution < 1.29 is 19.1 Å². The predicted molar refractivity (Wildman–Crippen MR) is 139 cm³/mol. The molecule has 3 aromatic rings. The molecule has 3 aromatic carbocycles. The average Bonchev–Trinajstić information content (AvgIpc) is 3.22. The highest BCUT2D eigenvalue weighted by atomic mass is 16.5. The van der Waals surface area contributed by atoms with Gasteiger partial charge in [-0.05, 0) is 48.0 Å². The van der Waals surface area contributed by atoms with E-state index in [4.69, 9.17) is 9.73 Å². The second-order valence-electron chi connectivity index (χ2n) is 8.59. The van der Waals surface area contributed by atoms with Crippen molar-refractivity contribution in [1.82, 2.24) is 10.2 Å². The molecule has 1 heterocycles. The SMILES string of the molecule is CNC(=O)CN(C)Cc1ccc(N=C(c2ccccc2)C2C(=O)Nc3cc(C(=O)OC)ccc32)cc1. The Kier molecular flexibility index (Phi) is 7.56. The highest BCUT2D eigenvalue weighted by molar-refractivity contribution is 6.24. The molecule has 1 unspecified atom stereocenters. The molecule has 1 aliphatic rings. The maximum absolute atomic E-state index is 13.1. The number of esters is 1. The first-order valence-corrected chi connectivity index (χ1v) is 11.5. The standard InChI is InChI=1S/C28H28N4O4/c1-29-24(33)17-32(2)16-18-9-12-21(13-10-18)30-26(19-7-5-4-6-8-19)25-22-14-11-20(28(35)36-3)15-23(22)31-27(25)34/h4-15,25H,16-17H2,1-3H3,(H,29,33)(H,31,34). The number of ether oxygens (including phenoxy) is 1. The Morgan fingerprint density at radius 3 is 2.42 bits per heavy atom. The summed E-state index contributed by atoms with van der Waals surface area (Å²) in [7, 11) is 4.83. The van der Waals surface area contributed by atoms with E-state index in [-0.39, 0.29) is 11.8 Å². The molecular formula is C28H28N4O4. The molecule has 36 heavy (non-hydrogen) atoms. The van der Waals surface area contributed by atoms with Crippen LogP contribution in [0.1, 0.15) is 33.0 Å². The number of hydrogen-bond acceptors (Lipinski definition) is 6. The summed E-state index contributed by atoms with van der Waals surface area (Å²) in [5.41, 5.74) is 4.89. The van der Waals surface area contributed by atoms with Gasteiger partial charge in [-0.3, -0.25) is 19.5 Å². The maximum atomic E-state index is 13.1. The fourth-order valence-corrected chi connectivity index (χ4v) is 4.19. The molecule has 2 amide bonds. The van der Waals surface area contributed by atoms with Gasteiger partial charge < -0.3 is 15.4 Å². The van der Waals surface area contributed by atoms with Gasteiger partial charge in [-0.2, -0.15) is 0 Å². The smallest absolute Gasteiger partial charge is 0.337 e. The summed E-state index contributed by atoms with van der Waals surface area (Å²) in [5, 5.41) is 5.51. The van der Waals surface area contributed by atoms with Gasteiger partial charge in [0.1, 0.15) is 5.92 Å². The van der Waals surface area contributed by atoms with Crippen LogP contribution >= 0.6 is 0 Å². The summed E-state index contributed by atoms with van der Waals surface area (Å²) in [5.74, 6) is -1.34. The number of carbonyl (C=O) groups excluding carboxylic acids is 3. The molecule has 8 heteroatoms. The minimum absolute atomic E-state index is 0.0416. The van der Waals surface area contributed by atoms with E-state index >= 15 is 0 Å². The zero-order chi connectivity index (χ0) is 25.7. The molecule has 0 bridgehead atoms. The van der Waals surface area contributed by atoms with E-state index < -0.39 is 11.9 Å². The van der Waals surface area contributed by atoms with Crippen LogP contribution in [0.2, 0.25) is 0 Å². The van der Waals surface area contributed by atoms with Crippen molar-refractivity contribution in [3.05, 3.63) is 95.1 Å². The second-order valence-corrected chi connectivity index (χ2v) is 8.59. The molecule has 1 atom stereocenters. The number of nitrogens with zero attached hydrogens (tertiary/aromatic N) is 2. The van der Waals surface area contributed by atoms with Crippen LogP contribution in [0, 0.1) is 0 Å². The van der Waals surface area contributed by atoms with E-state index in [1.165, 1.54) is 7.11 Å². The quantitative estimate of drug-likeness (QED) is 0.377. The van der Waals surface area contributed by atoms with Crippen molar-refractivity contribution in [3.8, 4) is 0 Å². The molecule has 0 saturated heterocycles. The molecule has 2 N–H and O–H groups in total. The fraction of sp³-hybridized carbons (Fsp3) is 0.214. The summed E-state index contributed by atoms with van der Waals surface area (Å²) in [4.78, 5) is 43.5. The minimum atomic E-state index is -0.632. The summed E-state index contributed by atoms with van der Waals surface area (Å²) in [6.07, 6.45) is 0. The maximum Gasteiger partial charge on any atom is 0.337 e. The number of anilines is 1. The van der Waals surface area contributed by atoms with Crippen molar-refractivity contribution in [2.45, 2.75) is 12.5 Å².